The highest BCUT2D eigenvalue weighted by molar-refractivity contribution is 5.14. The van der Waals surface area contributed by atoms with Crippen LogP contribution < -0.4 is 5.32 Å². The van der Waals surface area contributed by atoms with E-state index in [1.165, 1.54) is 18.7 Å². The predicted octanol–water partition coefficient (Wildman–Crippen LogP) is 2.30. The average Bonchev–Trinajstić information content (AvgIpc) is 2.37. The zero-order chi connectivity index (χ0) is 12.1. The van der Waals surface area contributed by atoms with Crippen molar-refractivity contribution < 1.29 is 9.13 Å². The fraction of sp³-hybridized carbons (Fsp3) is 0.615. The number of hydrogen-bond donors (Lipinski definition) is 1. The molecule has 1 N–H and O–H groups in total. The Morgan fingerprint density at radius 2 is 2.47 bits per heavy atom. The normalized spacial score (nSPS) is 22.4. The molecule has 0 aliphatic carbocycles. The van der Waals surface area contributed by atoms with Gasteiger partial charge in [-0.15, -0.1) is 0 Å². The molecule has 0 radical (unpaired) electrons. The van der Waals surface area contributed by atoms with Crippen molar-refractivity contribution in [3.8, 4) is 0 Å². The summed E-state index contributed by atoms with van der Waals surface area (Å²) in [5.74, 6) is 0.296. The van der Waals surface area contributed by atoms with Crippen molar-refractivity contribution in [3.05, 3.63) is 29.8 Å². The van der Waals surface area contributed by atoms with Crippen LogP contribution in [0.3, 0.4) is 0 Å². The van der Waals surface area contributed by atoms with Crippen molar-refractivity contribution in [2.45, 2.75) is 25.8 Å². The molecule has 94 valence electrons. The molecule has 0 bridgehead atoms. The van der Waals surface area contributed by atoms with Crippen LogP contribution in [0.15, 0.2) is 18.5 Å². The Hall–Kier alpha value is -1.00. The van der Waals surface area contributed by atoms with E-state index >= 15 is 0 Å². The monoisotopic (exact) mass is 238 g/mol. The van der Waals surface area contributed by atoms with Gasteiger partial charge in [0, 0.05) is 25.4 Å². The van der Waals surface area contributed by atoms with E-state index in [1.54, 1.807) is 6.20 Å². The SMILES string of the molecule is CC(NCC1CCCOC1)c1cncc(F)c1. The van der Waals surface area contributed by atoms with E-state index in [2.05, 4.69) is 10.3 Å². The minimum atomic E-state index is -0.280. The maximum Gasteiger partial charge on any atom is 0.141 e. The Labute approximate surface area is 101 Å². The second kappa shape index (κ2) is 6.07. The standard InChI is InChI=1S/C13H19FN2O/c1-10(12-5-13(14)8-15-7-12)16-6-11-3-2-4-17-9-11/h5,7-8,10-11,16H,2-4,6,9H2,1H3. The maximum absolute atomic E-state index is 13.0. The number of nitrogens with zero attached hydrogens (tertiary/aromatic N) is 1. The third-order valence-electron chi connectivity index (χ3n) is 3.19. The van der Waals surface area contributed by atoms with Gasteiger partial charge < -0.3 is 10.1 Å². The van der Waals surface area contributed by atoms with Crippen molar-refractivity contribution in [1.82, 2.24) is 10.3 Å². The summed E-state index contributed by atoms with van der Waals surface area (Å²) in [6.45, 7) is 4.67. The number of aromatic nitrogens is 1. The average molecular weight is 238 g/mol. The van der Waals surface area contributed by atoms with Crippen LogP contribution in [-0.2, 0) is 4.74 Å². The van der Waals surface area contributed by atoms with Crippen LogP contribution in [0.25, 0.3) is 0 Å². The molecule has 0 amide bonds. The molecule has 4 heteroatoms. The number of halogens is 1. The minimum absolute atomic E-state index is 0.125. The van der Waals surface area contributed by atoms with Gasteiger partial charge in [0.15, 0.2) is 0 Å². The van der Waals surface area contributed by atoms with Gasteiger partial charge in [0.1, 0.15) is 5.82 Å². The summed E-state index contributed by atoms with van der Waals surface area (Å²) in [5, 5.41) is 3.41. The number of nitrogens with one attached hydrogen (secondary N) is 1. The molecule has 3 nitrogen and oxygen atoms in total. The van der Waals surface area contributed by atoms with E-state index in [9.17, 15) is 4.39 Å². The van der Waals surface area contributed by atoms with E-state index in [0.717, 1.165) is 31.7 Å². The Balaban J connectivity index is 1.82. The van der Waals surface area contributed by atoms with E-state index in [4.69, 9.17) is 4.74 Å². The van der Waals surface area contributed by atoms with Crippen molar-refractivity contribution in [2.75, 3.05) is 19.8 Å². The molecule has 1 aromatic rings. The van der Waals surface area contributed by atoms with Gasteiger partial charge in [-0.05, 0) is 37.3 Å². The summed E-state index contributed by atoms with van der Waals surface area (Å²) >= 11 is 0. The van der Waals surface area contributed by atoms with Crippen molar-refractivity contribution >= 4 is 0 Å². The summed E-state index contributed by atoms with van der Waals surface area (Å²) < 4.78 is 18.4. The summed E-state index contributed by atoms with van der Waals surface area (Å²) in [6.07, 6.45) is 5.28. The second-order valence-corrected chi connectivity index (χ2v) is 4.65. The Morgan fingerprint density at radius 3 is 3.18 bits per heavy atom. The summed E-state index contributed by atoms with van der Waals surface area (Å²) in [6, 6.07) is 1.65. The van der Waals surface area contributed by atoms with Gasteiger partial charge in [0.25, 0.3) is 0 Å². The van der Waals surface area contributed by atoms with Gasteiger partial charge in [-0.2, -0.15) is 0 Å². The largest absolute Gasteiger partial charge is 0.381 e. The molecule has 2 unspecified atom stereocenters. The quantitative estimate of drug-likeness (QED) is 0.874. The lowest BCUT2D eigenvalue weighted by Crippen LogP contribution is -2.30. The van der Waals surface area contributed by atoms with Gasteiger partial charge >= 0.3 is 0 Å². The maximum atomic E-state index is 13.0. The van der Waals surface area contributed by atoms with Gasteiger partial charge in [-0.1, -0.05) is 0 Å². The molecule has 2 heterocycles. The van der Waals surface area contributed by atoms with Crippen LogP contribution in [0.1, 0.15) is 31.4 Å². The second-order valence-electron chi connectivity index (χ2n) is 4.65. The number of ether oxygens (including phenoxy) is 1. The topological polar surface area (TPSA) is 34.1 Å². The van der Waals surface area contributed by atoms with E-state index in [-0.39, 0.29) is 11.9 Å². The third kappa shape index (κ3) is 3.75. The smallest absolute Gasteiger partial charge is 0.141 e. The van der Waals surface area contributed by atoms with Crippen molar-refractivity contribution in [2.24, 2.45) is 5.92 Å². The highest BCUT2D eigenvalue weighted by atomic mass is 19.1. The lowest BCUT2D eigenvalue weighted by molar-refractivity contribution is 0.0540. The summed E-state index contributed by atoms with van der Waals surface area (Å²) in [5.41, 5.74) is 0.890. The zero-order valence-electron chi connectivity index (χ0n) is 10.2. The predicted molar refractivity (Wildman–Crippen MR) is 64.2 cm³/mol. The molecule has 1 fully saturated rings. The number of hydrogen-bond acceptors (Lipinski definition) is 3. The molecule has 1 aliphatic heterocycles. The van der Waals surface area contributed by atoms with Gasteiger partial charge in [0.2, 0.25) is 0 Å². The Kier molecular flexibility index (Phi) is 4.45. The first-order valence-electron chi connectivity index (χ1n) is 6.17. The molecular weight excluding hydrogens is 219 g/mol. The van der Waals surface area contributed by atoms with Crippen molar-refractivity contribution in [1.29, 1.82) is 0 Å². The number of rotatable bonds is 4. The molecule has 2 rings (SSSR count). The molecule has 1 aromatic heterocycles. The lowest BCUT2D eigenvalue weighted by Gasteiger charge is -2.24. The molecule has 2 atom stereocenters. The highest BCUT2D eigenvalue weighted by Crippen LogP contribution is 2.16. The third-order valence-corrected chi connectivity index (χ3v) is 3.19. The van der Waals surface area contributed by atoms with E-state index in [1.807, 2.05) is 6.92 Å². The molecule has 1 aliphatic rings. The minimum Gasteiger partial charge on any atom is -0.381 e. The van der Waals surface area contributed by atoms with Gasteiger partial charge in [-0.25, -0.2) is 4.39 Å². The van der Waals surface area contributed by atoms with Crippen LogP contribution in [0, 0.1) is 11.7 Å². The lowest BCUT2D eigenvalue weighted by atomic mass is 10.0. The molecular formula is C13H19FN2O. The van der Waals surface area contributed by atoms with Gasteiger partial charge in [-0.3, -0.25) is 4.98 Å². The first kappa shape index (κ1) is 12.5. The molecule has 17 heavy (non-hydrogen) atoms. The fourth-order valence-corrected chi connectivity index (χ4v) is 2.09. The Morgan fingerprint density at radius 1 is 1.59 bits per heavy atom. The van der Waals surface area contributed by atoms with Gasteiger partial charge in [0.05, 0.1) is 12.8 Å². The summed E-state index contributed by atoms with van der Waals surface area (Å²) in [4.78, 5) is 3.86. The Bertz CT molecular complexity index is 353. The zero-order valence-corrected chi connectivity index (χ0v) is 10.2. The fourth-order valence-electron chi connectivity index (χ4n) is 2.09. The summed E-state index contributed by atoms with van der Waals surface area (Å²) in [7, 11) is 0. The van der Waals surface area contributed by atoms with Crippen LogP contribution in [0.2, 0.25) is 0 Å². The van der Waals surface area contributed by atoms with E-state index in [0.29, 0.717) is 5.92 Å². The molecule has 0 spiro atoms. The molecule has 1 saturated heterocycles. The molecule has 0 aromatic carbocycles. The molecule has 0 saturated carbocycles. The van der Waals surface area contributed by atoms with Crippen molar-refractivity contribution in [3.63, 3.8) is 0 Å². The first-order chi connectivity index (χ1) is 8.25. The highest BCUT2D eigenvalue weighted by Gasteiger charge is 2.15. The van der Waals surface area contributed by atoms with Crippen LogP contribution in [0.5, 0.6) is 0 Å². The first-order valence-corrected chi connectivity index (χ1v) is 6.17. The van der Waals surface area contributed by atoms with Crippen LogP contribution in [-0.4, -0.2) is 24.7 Å². The van der Waals surface area contributed by atoms with E-state index < -0.39 is 0 Å². The number of pyridine rings is 1. The van der Waals surface area contributed by atoms with Crippen LogP contribution in [0.4, 0.5) is 4.39 Å². The van der Waals surface area contributed by atoms with Crippen LogP contribution >= 0.6 is 0 Å².